The van der Waals surface area contributed by atoms with Crippen LogP contribution in [0.15, 0.2) is 0 Å². The van der Waals surface area contributed by atoms with Gasteiger partial charge in [-0.05, 0) is 25.7 Å². The summed E-state index contributed by atoms with van der Waals surface area (Å²) in [4.78, 5) is 47.0. The Balaban J connectivity index is 0.794. The molecule has 15 nitrogen and oxygen atoms in total. The summed E-state index contributed by atoms with van der Waals surface area (Å²) < 4.78 is 27.5. The second kappa shape index (κ2) is 23.5. The second-order valence-electron chi connectivity index (χ2n) is 12.5. The van der Waals surface area contributed by atoms with Crippen molar-refractivity contribution < 1.29 is 42.9 Å². The van der Waals surface area contributed by atoms with E-state index in [1.165, 1.54) is 0 Å². The number of carbonyl (C=O) groups excluding carboxylic acids is 4. The Morgan fingerprint density at radius 2 is 0.918 bits per heavy atom. The van der Waals surface area contributed by atoms with E-state index in [4.69, 9.17) is 23.7 Å². The van der Waals surface area contributed by atoms with Gasteiger partial charge in [-0.3, -0.25) is 9.59 Å². The summed E-state index contributed by atoms with van der Waals surface area (Å²) >= 11 is 3.80. The standard InChI is InChI=1S/C32H56N6O9S2/c39-27(7-3-1-5-25-29-23(21-48-25)35-31(41)37-29)33-9-11-43-13-15-45-17-19-47-20-18-46-16-14-44-12-10-34-28(40)8-4-2-6-26-30-24(22-49-26)36-32(42)38-30/h23-26,29-30H,1-22H2,(H,33,39)(H,34,40)(H2,35,37,41)(H2,36,38,42)/t23-,24-,25-,26-,29-,30+/m0/s1. The number of thioether (sulfide) groups is 2. The maximum atomic E-state index is 12.0. The quantitative estimate of drug-likeness (QED) is 0.0493. The fourth-order valence-electron chi connectivity index (χ4n) is 6.23. The van der Waals surface area contributed by atoms with Crippen LogP contribution in [0.3, 0.4) is 0 Å². The predicted molar refractivity (Wildman–Crippen MR) is 188 cm³/mol. The molecular formula is C32H56N6O9S2. The number of hydrogen-bond acceptors (Lipinski definition) is 11. The molecule has 6 atom stereocenters. The number of urea groups is 2. The largest absolute Gasteiger partial charge is 0.377 e. The summed E-state index contributed by atoms with van der Waals surface area (Å²) in [7, 11) is 0. The third-order valence-electron chi connectivity index (χ3n) is 8.79. The molecule has 0 aromatic rings. The first-order chi connectivity index (χ1) is 24.0. The molecule has 0 saturated carbocycles. The minimum atomic E-state index is -0.0622. The van der Waals surface area contributed by atoms with Crippen molar-refractivity contribution in [2.24, 2.45) is 0 Å². The minimum Gasteiger partial charge on any atom is -0.377 e. The van der Waals surface area contributed by atoms with Crippen LogP contribution < -0.4 is 31.9 Å². The van der Waals surface area contributed by atoms with Crippen molar-refractivity contribution in [1.82, 2.24) is 31.9 Å². The van der Waals surface area contributed by atoms with E-state index in [2.05, 4.69) is 31.9 Å². The van der Waals surface area contributed by atoms with Gasteiger partial charge < -0.3 is 55.6 Å². The van der Waals surface area contributed by atoms with Crippen molar-refractivity contribution in [2.75, 3.05) is 90.7 Å². The van der Waals surface area contributed by atoms with Crippen LogP contribution in [0.1, 0.15) is 51.4 Å². The molecule has 4 aliphatic rings. The summed E-state index contributed by atoms with van der Waals surface area (Å²) in [5.74, 6) is 2.00. The molecule has 4 saturated heterocycles. The van der Waals surface area contributed by atoms with Gasteiger partial charge in [-0.15, -0.1) is 0 Å². The first-order valence-corrected chi connectivity index (χ1v) is 19.9. The van der Waals surface area contributed by atoms with Crippen LogP contribution in [0.4, 0.5) is 9.59 Å². The monoisotopic (exact) mass is 732 g/mol. The Morgan fingerprint density at radius 1 is 0.551 bits per heavy atom. The zero-order chi connectivity index (χ0) is 34.5. The number of hydrogen-bond donors (Lipinski definition) is 6. The van der Waals surface area contributed by atoms with Gasteiger partial charge in [0.2, 0.25) is 11.8 Å². The first-order valence-electron chi connectivity index (χ1n) is 17.8. The lowest BCUT2D eigenvalue weighted by Crippen LogP contribution is -2.36. The normalized spacial score (nSPS) is 25.3. The number of rotatable bonds is 28. The lowest BCUT2D eigenvalue weighted by Gasteiger charge is -2.16. The first kappa shape index (κ1) is 39.8. The Labute approximate surface area is 298 Å². The van der Waals surface area contributed by atoms with Crippen LogP contribution in [0.2, 0.25) is 0 Å². The van der Waals surface area contributed by atoms with Crippen molar-refractivity contribution in [3.63, 3.8) is 0 Å². The van der Waals surface area contributed by atoms with Crippen LogP contribution in [0.25, 0.3) is 0 Å². The maximum absolute atomic E-state index is 12.0. The van der Waals surface area contributed by atoms with Crippen LogP contribution in [0.5, 0.6) is 0 Å². The summed E-state index contributed by atoms with van der Waals surface area (Å²) in [6.07, 6.45) is 6.65. The van der Waals surface area contributed by atoms with E-state index in [1.54, 1.807) is 0 Å². The molecule has 0 aliphatic carbocycles. The van der Waals surface area contributed by atoms with Gasteiger partial charge in [0.1, 0.15) is 0 Å². The Kier molecular flexibility index (Phi) is 19.0. The fourth-order valence-corrected chi connectivity index (χ4v) is 9.32. The molecule has 0 bridgehead atoms. The second-order valence-corrected chi connectivity index (χ2v) is 15.0. The van der Waals surface area contributed by atoms with Gasteiger partial charge in [0.05, 0.1) is 90.2 Å². The van der Waals surface area contributed by atoms with Gasteiger partial charge in [-0.2, -0.15) is 23.5 Å². The third kappa shape index (κ3) is 15.4. The highest BCUT2D eigenvalue weighted by Crippen LogP contribution is 2.34. The van der Waals surface area contributed by atoms with Crippen molar-refractivity contribution >= 4 is 47.4 Å². The van der Waals surface area contributed by atoms with E-state index in [1.807, 2.05) is 23.5 Å². The molecule has 6 N–H and O–H groups in total. The maximum Gasteiger partial charge on any atom is 0.315 e. The van der Waals surface area contributed by atoms with Gasteiger partial charge in [0, 0.05) is 47.9 Å². The van der Waals surface area contributed by atoms with E-state index < -0.39 is 0 Å². The van der Waals surface area contributed by atoms with Crippen LogP contribution in [-0.2, 0) is 33.3 Å². The number of nitrogens with one attached hydrogen (secondary N) is 6. The van der Waals surface area contributed by atoms with Crippen LogP contribution in [0, 0.1) is 0 Å². The van der Waals surface area contributed by atoms with Gasteiger partial charge >= 0.3 is 12.1 Å². The van der Waals surface area contributed by atoms with Crippen LogP contribution >= 0.6 is 23.5 Å². The minimum absolute atomic E-state index is 0.0400. The van der Waals surface area contributed by atoms with E-state index in [-0.39, 0.29) is 48.0 Å². The summed E-state index contributed by atoms with van der Waals surface area (Å²) in [6, 6.07) is 0.805. The molecule has 49 heavy (non-hydrogen) atoms. The number of carbonyl (C=O) groups is 4. The van der Waals surface area contributed by atoms with E-state index in [0.717, 1.165) is 50.0 Å². The summed E-state index contributed by atoms with van der Waals surface area (Å²) in [5.41, 5.74) is 0. The summed E-state index contributed by atoms with van der Waals surface area (Å²) in [5, 5.41) is 18.6. The van der Waals surface area contributed by atoms with E-state index in [0.29, 0.717) is 102 Å². The SMILES string of the molecule is O=C(CCCC[C@@H]1SC[C@@H]2NC(=O)N[C@H]21)NCCOCCOCCOCCOCCOCCNC(=O)CCCC[C@@H]1SC[C@@H]2NC(=O)N[C@@H]21. The van der Waals surface area contributed by atoms with Gasteiger partial charge in [0.25, 0.3) is 0 Å². The number of unbranched alkanes of at least 4 members (excludes halogenated alkanes) is 2. The predicted octanol–water partition coefficient (Wildman–Crippen LogP) is 0.753. The zero-order valence-corrected chi connectivity index (χ0v) is 30.1. The molecule has 0 aromatic heterocycles. The zero-order valence-electron chi connectivity index (χ0n) is 28.5. The van der Waals surface area contributed by atoms with Crippen molar-refractivity contribution in [2.45, 2.75) is 86.0 Å². The summed E-state index contributed by atoms with van der Waals surface area (Å²) in [6.45, 7) is 5.56. The molecule has 4 aliphatic heterocycles. The highest BCUT2D eigenvalue weighted by atomic mass is 32.2. The number of amides is 6. The molecule has 0 radical (unpaired) electrons. The fraction of sp³-hybridized carbons (Fsp3) is 0.875. The molecule has 4 heterocycles. The van der Waals surface area contributed by atoms with Gasteiger partial charge in [-0.25, -0.2) is 9.59 Å². The molecule has 4 rings (SSSR count). The average Bonchev–Trinajstić information content (AvgIpc) is 3.84. The highest BCUT2D eigenvalue weighted by Gasteiger charge is 2.43. The molecule has 280 valence electrons. The molecule has 6 amide bonds. The number of fused-ring (bicyclic) bond motifs is 2. The van der Waals surface area contributed by atoms with Crippen molar-refractivity contribution in [1.29, 1.82) is 0 Å². The smallest absolute Gasteiger partial charge is 0.315 e. The highest BCUT2D eigenvalue weighted by molar-refractivity contribution is 8.00. The van der Waals surface area contributed by atoms with Crippen LogP contribution in [-0.4, -0.2) is 149 Å². The topological polar surface area (TPSA) is 187 Å². The molecule has 0 aromatic carbocycles. The average molecular weight is 733 g/mol. The van der Waals surface area contributed by atoms with Crippen molar-refractivity contribution in [3.8, 4) is 0 Å². The van der Waals surface area contributed by atoms with E-state index in [9.17, 15) is 19.2 Å². The van der Waals surface area contributed by atoms with Gasteiger partial charge in [0.15, 0.2) is 0 Å². The Morgan fingerprint density at radius 3 is 1.31 bits per heavy atom. The molecule has 0 unspecified atom stereocenters. The third-order valence-corrected chi connectivity index (χ3v) is 11.8. The lowest BCUT2D eigenvalue weighted by molar-refractivity contribution is -0.122. The van der Waals surface area contributed by atoms with Crippen molar-refractivity contribution in [3.05, 3.63) is 0 Å². The Hall–Kier alpha value is -2.02. The molecule has 4 fully saturated rings. The molecule has 17 heteroatoms. The number of ether oxygens (including phenoxy) is 5. The Bertz CT molecular complexity index is 942. The molecule has 0 spiro atoms. The molecular weight excluding hydrogens is 677 g/mol. The van der Waals surface area contributed by atoms with Gasteiger partial charge in [-0.1, -0.05) is 12.8 Å². The lowest BCUT2D eigenvalue weighted by atomic mass is 10.0. The van der Waals surface area contributed by atoms with E-state index >= 15 is 0 Å².